The van der Waals surface area contributed by atoms with E-state index in [1.165, 1.54) is 11.4 Å². The van der Waals surface area contributed by atoms with Gasteiger partial charge in [-0.15, -0.1) is 46.4 Å². The van der Waals surface area contributed by atoms with Crippen molar-refractivity contribution in [3.8, 4) is 0 Å². The maximum Gasteiger partial charge on any atom is 0.675 e. The Morgan fingerprint density at radius 3 is 0.930 bits per heavy atom. The summed E-state index contributed by atoms with van der Waals surface area (Å²) in [6.07, 6.45) is 8.76. The van der Waals surface area contributed by atoms with E-state index in [0.29, 0.717) is 0 Å². The van der Waals surface area contributed by atoms with E-state index in [1.807, 2.05) is 0 Å². The van der Waals surface area contributed by atoms with Gasteiger partial charge in [0, 0.05) is 63.8 Å². The molecule has 0 aliphatic rings. The number of anilines is 2. The van der Waals surface area contributed by atoms with Crippen LogP contribution < -0.4 is 18.3 Å². The number of hydrogen-bond acceptors (Lipinski definition) is 8. The van der Waals surface area contributed by atoms with Crippen LogP contribution in [0.25, 0.3) is 0 Å². The third-order valence-corrected chi connectivity index (χ3v) is 8.74. The highest BCUT2D eigenvalue weighted by atomic mass is 35.5. The Bertz CT molecular complexity index is 1180. The summed E-state index contributed by atoms with van der Waals surface area (Å²) in [5.41, 5.74) is -8.84. The Labute approximate surface area is 268 Å². The molecule has 2 aromatic heterocycles. The molecule has 0 spiro atoms. The molecule has 0 atom stereocenters. The van der Waals surface area contributed by atoms with E-state index in [0.717, 1.165) is 0 Å². The van der Waals surface area contributed by atoms with Crippen molar-refractivity contribution in [3.63, 3.8) is 0 Å². The Balaban J connectivity index is -0.000000600. The summed E-state index contributed by atoms with van der Waals surface area (Å²) < 4.78 is 123. The summed E-state index contributed by atoms with van der Waals surface area (Å²) in [7, 11) is -5.69. The van der Waals surface area contributed by atoms with E-state index in [1.54, 1.807) is 0 Å². The summed E-state index contributed by atoms with van der Waals surface area (Å²) in [6, 6.07) is 8.68. The molecule has 0 bridgehead atoms. The van der Waals surface area contributed by atoms with Crippen LogP contribution in [0.15, 0.2) is 49.1 Å². The summed E-state index contributed by atoms with van der Waals surface area (Å²) >= 11 is 19.1. The van der Waals surface area contributed by atoms with Gasteiger partial charge in [0.05, 0.1) is 23.8 Å². The van der Waals surface area contributed by atoms with Crippen molar-refractivity contribution >= 4 is 86.4 Å². The lowest BCUT2D eigenvalue weighted by molar-refractivity contribution is -0.686. The fraction of sp³-hybridized carbons (Fsp3) is 0.500. The van der Waals surface area contributed by atoms with Gasteiger partial charge in [-0.05, 0) is 0 Å². The fourth-order valence-electron chi connectivity index (χ4n) is 2.30. The number of rotatable bonds is 4. The van der Waals surface area contributed by atoms with Crippen molar-refractivity contribution in [1.82, 2.24) is 0 Å². The molecule has 0 radical (unpaired) electrons. The SMILES string of the molecule is CN(C)c1cc[n+]([Si](C)(C)[n+]2ccc(N(C)C)cc2)cc1.ClCCl.ClCCl.O=S(=O)([O-])C(F)(F)F.O=S(=O)([O-])C(F)(F)F. The molecule has 2 heterocycles. The minimum absolute atomic E-state index is 0.194. The molecular weight excluding hydrogens is 740 g/mol. The highest BCUT2D eigenvalue weighted by Gasteiger charge is 2.49. The third kappa shape index (κ3) is 18.9. The lowest BCUT2D eigenvalue weighted by atomic mass is 10.4. The minimum atomic E-state index is -6.09. The van der Waals surface area contributed by atoms with Crippen LogP contribution in [0, 0.1) is 0 Å². The van der Waals surface area contributed by atoms with E-state index in [-0.39, 0.29) is 10.7 Å². The zero-order chi connectivity index (χ0) is 35.0. The monoisotopic (exact) mass is 768 g/mol. The molecule has 0 saturated carbocycles. The van der Waals surface area contributed by atoms with Gasteiger partial charge in [0.1, 0.15) is 0 Å². The molecule has 0 unspecified atom stereocenters. The van der Waals surface area contributed by atoms with Crippen LogP contribution in [0.4, 0.5) is 37.7 Å². The second kappa shape index (κ2) is 19.9. The molecule has 0 aliphatic carbocycles. The van der Waals surface area contributed by atoms with E-state index in [2.05, 4.69) is 109 Å². The Hall–Kier alpha value is -1.32. The third-order valence-electron chi connectivity index (χ3n) is 4.49. The molecule has 0 aliphatic heterocycles. The van der Waals surface area contributed by atoms with Gasteiger partial charge in [0.15, 0.2) is 45.0 Å². The van der Waals surface area contributed by atoms with Gasteiger partial charge >= 0.3 is 19.4 Å². The first-order valence-corrected chi connectivity index (χ1v) is 18.7. The number of alkyl halides is 10. The van der Waals surface area contributed by atoms with Gasteiger partial charge in [0.2, 0.25) is 0 Å². The van der Waals surface area contributed by atoms with Gasteiger partial charge in [-0.1, -0.05) is 0 Å². The van der Waals surface area contributed by atoms with Crippen molar-refractivity contribution in [2.75, 3.05) is 48.7 Å². The maximum atomic E-state index is 10.7. The van der Waals surface area contributed by atoms with Crippen molar-refractivity contribution in [2.45, 2.75) is 24.1 Å². The van der Waals surface area contributed by atoms with Crippen molar-refractivity contribution in [2.24, 2.45) is 0 Å². The average Bonchev–Trinajstić information content (AvgIpc) is 2.83. The number of hydrogen-bond donors (Lipinski definition) is 0. The Morgan fingerprint density at radius 2 is 0.814 bits per heavy atom. The van der Waals surface area contributed by atoms with Crippen LogP contribution >= 0.6 is 46.4 Å². The summed E-state index contributed by atoms with van der Waals surface area (Å²) in [5, 5.41) is 0.389. The van der Waals surface area contributed by atoms with Crippen LogP contribution in [-0.4, -0.2) is 84.2 Å². The summed E-state index contributed by atoms with van der Waals surface area (Å²) in [4.78, 5) is 4.25. The fourth-order valence-corrected chi connectivity index (χ4v) is 4.32. The second-order valence-electron chi connectivity index (χ2n) is 8.21. The highest BCUT2D eigenvalue weighted by molar-refractivity contribution is 7.86. The molecule has 43 heavy (non-hydrogen) atoms. The van der Waals surface area contributed by atoms with Gasteiger partial charge in [0.25, 0.3) is 0 Å². The summed E-state index contributed by atoms with van der Waals surface area (Å²) in [6.45, 7) is 4.69. The first-order valence-electron chi connectivity index (χ1n) is 10.8. The first kappa shape index (κ1) is 46.1. The zero-order valence-electron chi connectivity index (χ0n) is 23.4. The van der Waals surface area contributed by atoms with Crippen LogP contribution in [0.5, 0.6) is 0 Å². The van der Waals surface area contributed by atoms with Crippen molar-refractivity contribution in [1.29, 1.82) is 0 Å². The van der Waals surface area contributed by atoms with Crippen molar-refractivity contribution < 1.29 is 60.7 Å². The first-order chi connectivity index (χ1) is 19.1. The standard InChI is InChI=1S/C16H26N4Si.2CH2Cl2.2CHF3O3S/c1-17(2)15-7-11-19(12-8-15)21(5,6)20-13-9-16(10-14-20)18(3)4;2*2-1-3;2*2-1(3,4)8(5,6)7/h7-14H,1-6H3;2*1H2;2*(H,5,6,7)/q+2;;;;/p-2. The lowest BCUT2D eigenvalue weighted by Gasteiger charge is -2.15. The quantitative estimate of drug-likeness (QED) is 0.147. The number of nitrogens with zero attached hydrogens (tertiary/aromatic N) is 4. The maximum absolute atomic E-state index is 10.7. The Kier molecular flexibility index (Phi) is 21.4. The van der Waals surface area contributed by atoms with E-state index >= 15 is 0 Å². The van der Waals surface area contributed by atoms with Crippen LogP contribution in [0.2, 0.25) is 13.1 Å². The zero-order valence-corrected chi connectivity index (χ0v) is 29.0. The van der Waals surface area contributed by atoms with E-state index in [9.17, 15) is 26.3 Å². The molecule has 0 N–H and O–H groups in total. The topological polar surface area (TPSA) is 129 Å². The van der Waals surface area contributed by atoms with Crippen LogP contribution in [-0.2, 0) is 20.2 Å². The van der Waals surface area contributed by atoms with Crippen LogP contribution in [0.3, 0.4) is 0 Å². The van der Waals surface area contributed by atoms with Gasteiger partial charge in [-0.3, -0.25) is 0 Å². The molecule has 2 aromatic rings. The normalized spacial score (nSPS) is 11.6. The lowest BCUT2D eigenvalue weighted by Crippen LogP contribution is -2.78. The molecule has 10 nitrogen and oxygen atoms in total. The largest absolute Gasteiger partial charge is 0.741 e. The Morgan fingerprint density at radius 1 is 0.651 bits per heavy atom. The predicted molar refractivity (Wildman–Crippen MR) is 155 cm³/mol. The molecule has 252 valence electrons. The van der Waals surface area contributed by atoms with Gasteiger partial charge in [-0.2, -0.15) is 26.3 Å². The van der Waals surface area contributed by atoms with Gasteiger partial charge in [-0.25, -0.2) is 25.3 Å². The molecule has 2 rings (SSSR count). The van der Waals surface area contributed by atoms with E-state index < -0.39 is 39.6 Å². The van der Waals surface area contributed by atoms with Crippen LogP contribution in [0.1, 0.15) is 0 Å². The number of aromatic nitrogens is 2. The minimum Gasteiger partial charge on any atom is -0.741 e. The van der Waals surface area contributed by atoms with Gasteiger partial charge < -0.3 is 18.9 Å². The average molecular weight is 771 g/mol. The smallest absolute Gasteiger partial charge is 0.675 e. The van der Waals surface area contributed by atoms with E-state index in [4.69, 9.17) is 72.3 Å². The molecule has 0 fully saturated rings. The predicted octanol–water partition coefficient (Wildman–Crippen LogP) is 4.44. The molecule has 0 aromatic carbocycles. The molecular formula is C20H30Cl4F6N4O6S2Si. The molecule has 0 amide bonds. The molecule has 23 heteroatoms. The molecule has 0 saturated heterocycles. The number of pyridine rings is 2. The number of halogens is 10. The van der Waals surface area contributed by atoms with Crippen molar-refractivity contribution in [3.05, 3.63) is 49.1 Å². The highest BCUT2D eigenvalue weighted by Crippen LogP contribution is 2.21. The second-order valence-corrected chi connectivity index (χ2v) is 16.6. The summed E-state index contributed by atoms with van der Waals surface area (Å²) in [5.74, 6) is 0.